The van der Waals surface area contributed by atoms with Crippen LogP contribution in [0, 0.1) is 0 Å². The number of rotatable bonds is 4. The molecular weight excluding hydrogens is 368 g/mol. The maximum Gasteiger partial charge on any atom is 0.257 e. The lowest BCUT2D eigenvalue weighted by Gasteiger charge is -2.35. The zero-order valence-corrected chi connectivity index (χ0v) is 16.0. The van der Waals surface area contributed by atoms with Gasteiger partial charge in [0.05, 0.1) is 30.4 Å². The van der Waals surface area contributed by atoms with Crippen LogP contribution >= 0.6 is 11.6 Å². The lowest BCUT2D eigenvalue weighted by atomic mass is 10.1. The van der Waals surface area contributed by atoms with Crippen molar-refractivity contribution >= 4 is 23.4 Å². The molecule has 27 heavy (non-hydrogen) atoms. The van der Waals surface area contributed by atoms with E-state index >= 15 is 0 Å². The van der Waals surface area contributed by atoms with E-state index in [2.05, 4.69) is 0 Å². The van der Waals surface area contributed by atoms with Crippen molar-refractivity contribution in [1.82, 2.24) is 9.80 Å². The van der Waals surface area contributed by atoms with Crippen molar-refractivity contribution in [3.05, 3.63) is 58.6 Å². The predicted octanol–water partition coefficient (Wildman–Crippen LogP) is 2.96. The zero-order valence-electron chi connectivity index (χ0n) is 15.3. The van der Waals surface area contributed by atoms with Crippen molar-refractivity contribution in [1.29, 1.82) is 0 Å². The number of hydrogen-bond donors (Lipinski definition) is 0. The van der Waals surface area contributed by atoms with E-state index in [0.717, 1.165) is 0 Å². The topological polar surface area (TPSA) is 59.1 Å². The van der Waals surface area contributed by atoms with Crippen LogP contribution in [0.15, 0.2) is 42.5 Å². The van der Waals surface area contributed by atoms with E-state index in [4.69, 9.17) is 21.1 Å². The van der Waals surface area contributed by atoms with E-state index in [1.807, 2.05) is 0 Å². The van der Waals surface area contributed by atoms with Crippen LogP contribution in [0.2, 0.25) is 5.02 Å². The van der Waals surface area contributed by atoms with E-state index in [1.54, 1.807) is 59.4 Å². The number of halogens is 1. The molecule has 0 saturated carbocycles. The first-order valence-corrected chi connectivity index (χ1v) is 8.98. The minimum absolute atomic E-state index is 0.116. The Balaban J connectivity index is 1.68. The van der Waals surface area contributed by atoms with Crippen molar-refractivity contribution in [2.24, 2.45) is 0 Å². The van der Waals surface area contributed by atoms with Gasteiger partial charge in [-0.25, -0.2) is 0 Å². The summed E-state index contributed by atoms with van der Waals surface area (Å²) in [5.74, 6) is 0.849. The highest BCUT2D eigenvalue weighted by Gasteiger charge is 2.27. The molecule has 1 aliphatic heterocycles. The van der Waals surface area contributed by atoms with Crippen molar-refractivity contribution in [3.63, 3.8) is 0 Å². The molecule has 2 aromatic rings. The Bertz CT molecular complexity index is 848. The summed E-state index contributed by atoms with van der Waals surface area (Å²) in [7, 11) is 3.08. The molecule has 0 N–H and O–H groups in total. The van der Waals surface area contributed by atoms with Crippen molar-refractivity contribution in [3.8, 4) is 11.5 Å². The first-order valence-electron chi connectivity index (χ1n) is 8.60. The van der Waals surface area contributed by atoms with Crippen molar-refractivity contribution in [2.45, 2.75) is 0 Å². The molecule has 1 fully saturated rings. The Morgan fingerprint density at radius 2 is 1.44 bits per heavy atom. The Hall–Kier alpha value is -2.73. The van der Waals surface area contributed by atoms with Crippen LogP contribution in [0.1, 0.15) is 20.7 Å². The monoisotopic (exact) mass is 388 g/mol. The third-order valence-corrected chi connectivity index (χ3v) is 4.93. The molecule has 7 heteroatoms. The number of hydrogen-bond acceptors (Lipinski definition) is 4. The van der Waals surface area contributed by atoms with Crippen LogP contribution in [0.4, 0.5) is 0 Å². The fraction of sp³-hybridized carbons (Fsp3) is 0.300. The van der Waals surface area contributed by atoms with Crippen molar-refractivity contribution < 1.29 is 19.1 Å². The number of piperazine rings is 1. The molecule has 0 spiro atoms. The summed E-state index contributed by atoms with van der Waals surface area (Å²) in [6.07, 6.45) is 0. The molecule has 1 aliphatic rings. The fourth-order valence-corrected chi connectivity index (χ4v) is 3.28. The minimum atomic E-state index is -0.126. The number of methoxy groups -OCH3 is 2. The maximum atomic E-state index is 12.9. The van der Waals surface area contributed by atoms with Crippen LogP contribution in [-0.2, 0) is 0 Å². The number of ether oxygens (including phenoxy) is 2. The lowest BCUT2D eigenvalue weighted by Crippen LogP contribution is -2.50. The normalized spacial score (nSPS) is 14.0. The SMILES string of the molecule is COc1ccc(C(=O)N2CCN(C(=O)c3ccccc3Cl)CC2)c(OC)c1. The smallest absolute Gasteiger partial charge is 0.257 e. The summed E-state index contributed by atoms with van der Waals surface area (Å²) >= 11 is 6.12. The van der Waals surface area contributed by atoms with E-state index in [0.29, 0.717) is 53.8 Å². The average Bonchev–Trinajstić information content (AvgIpc) is 2.72. The Kier molecular flexibility index (Phi) is 5.86. The van der Waals surface area contributed by atoms with Gasteiger partial charge in [0.2, 0.25) is 0 Å². The molecule has 0 radical (unpaired) electrons. The molecule has 6 nitrogen and oxygen atoms in total. The molecule has 2 aromatic carbocycles. The third kappa shape index (κ3) is 4.01. The van der Waals surface area contributed by atoms with Crippen LogP contribution in [-0.4, -0.2) is 62.0 Å². The number of amides is 2. The highest BCUT2D eigenvalue weighted by atomic mass is 35.5. The van der Waals surface area contributed by atoms with Crippen LogP contribution < -0.4 is 9.47 Å². The van der Waals surface area contributed by atoms with Gasteiger partial charge in [-0.15, -0.1) is 0 Å². The van der Waals surface area contributed by atoms with E-state index in [1.165, 1.54) is 7.11 Å². The summed E-state index contributed by atoms with van der Waals surface area (Å²) in [4.78, 5) is 28.9. The molecule has 1 heterocycles. The molecule has 0 atom stereocenters. The third-order valence-electron chi connectivity index (χ3n) is 4.60. The standard InChI is InChI=1S/C20H21ClN2O4/c1-26-14-7-8-16(18(13-14)27-2)20(25)23-11-9-22(10-12-23)19(24)15-5-3-4-6-17(15)21/h3-8,13H,9-12H2,1-2H3. The van der Waals surface area contributed by atoms with Crippen LogP contribution in [0.25, 0.3) is 0 Å². The zero-order chi connectivity index (χ0) is 19.4. The minimum Gasteiger partial charge on any atom is -0.497 e. The summed E-state index contributed by atoms with van der Waals surface area (Å²) in [6.45, 7) is 1.80. The Morgan fingerprint density at radius 3 is 2.00 bits per heavy atom. The molecule has 0 unspecified atom stereocenters. The molecule has 0 aliphatic carbocycles. The van der Waals surface area contributed by atoms with Gasteiger partial charge >= 0.3 is 0 Å². The highest BCUT2D eigenvalue weighted by Crippen LogP contribution is 2.26. The Morgan fingerprint density at radius 1 is 0.852 bits per heavy atom. The van der Waals surface area contributed by atoms with Gasteiger partial charge in [-0.2, -0.15) is 0 Å². The molecular formula is C20H21ClN2O4. The predicted molar refractivity (Wildman–Crippen MR) is 103 cm³/mol. The first-order chi connectivity index (χ1) is 13.0. The van der Waals surface area contributed by atoms with Gasteiger partial charge < -0.3 is 19.3 Å². The molecule has 2 amide bonds. The van der Waals surface area contributed by atoms with E-state index in [9.17, 15) is 9.59 Å². The summed E-state index contributed by atoms with van der Waals surface area (Å²) in [5, 5.41) is 0.434. The number of nitrogens with zero attached hydrogens (tertiary/aromatic N) is 2. The van der Waals surface area contributed by atoms with Gasteiger partial charge in [-0.3, -0.25) is 9.59 Å². The van der Waals surface area contributed by atoms with Crippen LogP contribution in [0.5, 0.6) is 11.5 Å². The highest BCUT2D eigenvalue weighted by molar-refractivity contribution is 6.33. The molecule has 1 saturated heterocycles. The fourth-order valence-electron chi connectivity index (χ4n) is 3.06. The van der Waals surface area contributed by atoms with Gasteiger partial charge in [0.1, 0.15) is 11.5 Å². The molecule has 0 bridgehead atoms. The number of carbonyl (C=O) groups excluding carboxylic acids is 2. The van der Waals surface area contributed by atoms with E-state index < -0.39 is 0 Å². The second-order valence-corrected chi connectivity index (χ2v) is 6.54. The van der Waals surface area contributed by atoms with Crippen molar-refractivity contribution in [2.75, 3.05) is 40.4 Å². The van der Waals surface area contributed by atoms with Gasteiger partial charge in [0, 0.05) is 32.2 Å². The molecule has 3 rings (SSSR count). The maximum absolute atomic E-state index is 12.9. The average molecular weight is 389 g/mol. The summed E-state index contributed by atoms with van der Waals surface area (Å²) in [6, 6.07) is 12.1. The first kappa shape index (κ1) is 19.0. The Labute approximate surface area is 163 Å². The largest absolute Gasteiger partial charge is 0.497 e. The molecule has 142 valence electrons. The van der Waals surface area contributed by atoms with Gasteiger partial charge in [0.15, 0.2) is 0 Å². The lowest BCUT2D eigenvalue weighted by molar-refractivity contribution is 0.0533. The van der Waals surface area contributed by atoms with Crippen LogP contribution in [0.3, 0.4) is 0 Å². The molecule has 0 aromatic heterocycles. The number of carbonyl (C=O) groups is 2. The van der Waals surface area contributed by atoms with Gasteiger partial charge in [0.25, 0.3) is 11.8 Å². The summed E-state index contributed by atoms with van der Waals surface area (Å²) < 4.78 is 10.5. The number of benzene rings is 2. The second-order valence-electron chi connectivity index (χ2n) is 6.13. The second kappa shape index (κ2) is 8.31. The van der Waals surface area contributed by atoms with Gasteiger partial charge in [-0.1, -0.05) is 23.7 Å². The van der Waals surface area contributed by atoms with Gasteiger partial charge in [-0.05, 0) is 24.3 Å². The summed E-state index contributed by atoms with van der Waals surface area (Å²) in [5.41, 5.74) is 0.958. The quantitative estimate of drug-likeness (QED) is 0.808. The van der Waals surface area contributed by atoms with E-state index in [-0.39, 0.29) is 11.8 Å².